The molecule has 1 aliphatic carbocycles. The van der Waals surface area contributed by atoms with Gasteiger partial charge in [0.1, 0.15) is 48.9 Å². The molecule has 4 aliphatic heterocycles. The van der Waals surface area contributed by atoms with Crippen molar-refractivity contribution in [3.8, 4) is 0 Å². The Hall–Kier alpha value is -6.53. The summed E-state index contributed by atoms with van der Waals surface area (Å²) in [5.41, 5.74) is 1.70. The van der Waals surface area contributed by atoms with E-state index >= 15 is 4.39 Å². The van der Waals surface area contributed by atoms with Gasteiger partial charge in [0.2, 0.25) is 35.4 Å². The minimum atomic E-state index is -2.07. The molecule has 7 rings (SSSR count). The fraction of sp³-hybridized carbons (Fsp3) is 0.618. The van der Waals surface area contributed by atoms with E-state index in [0.717, 1.165) is 0 Å². The highest BCUT2D eigenvalue weighted by molar-refractivity contribution is 8.01. The fourth-order valence-corrected chi connectivity index (χ4v) is 12.3. The number of anilines is 1. The van der Waals surface area contributed by atoms with Crippen molar-refractivity contribution in [3.63, 3.8) is 0 Å². The van der Waals surface area contributed by atoms with E-state index in [0.29, 0.717) is 64.9 Å². The molecular weight excluding hydrogens is 1110 g/mol. The molecule has 5 aliphatic rings. The number of carboxylic acid groups (broad SMARTS) is 1. The number of halogens is 1. The molecule has 13 N–H and O–H groups in total. The van der Waals surface area contributed by atoms with Crippen LogP contribution in [0.1, 0.15) is 119 Å². The number of pyridine rings is 1. The number of ether oxygens (including phenoxy) is 3. The molecule has 26 nitrogen and oxygen atoms in total. The first-order valence-corrected chi connectivity index (χ1v) is 28.8. The predicted octanol–water partition coefficient (Wildman–Crippen LogP) is -1.35. The Labute approximate surface area is 481 Å². The van der Waals surface area contributed by atoms with Crippen LogP contribution < -0.4 is 42.8 Å². The predicted molar refractivity (Wildman–Crippen MR) is 294 cm³/mol. The lowest BCUT2D eigenvalue weighted by molar-refractivity contribution is -0.301. The van der Waals surface area contributed by atoms with Gasteiger partial charge in [0.25, 0.3) is 5.56 Å². The van der Waals surface area contributed by atoms with Crippen molar-refractivity contribution in [2.24, 2.45) is 5.92 Å². The molecule has 6 amide bonds. The molecule has 2 aromatic rings. The standard InChI is InChI=1S/C55H75FN8O18S/c1-7-26(8-2)83-37(18-41(69)70)50(75)59-19-40(68)57-14-12-39(67)63-44(24(4)5)51(76)62-34(23-80-53-48(73)47(72)46(71)36(21-65)82-53)49(74)58-15-13-38(66)60-32-11-10-27-25(6)31(56)17-33-42(27)43(32)28-20-64-35(45(28)61-33)16-30-29(52(64)77)22-81-54(78)55(30,79)9-3/h16-17,24,26,32,34,36-37,44-48,53,61,65,71-73,79H,7-15,18-23H2,1-6H3,(H,57,68)(H,58,74)(H,59,75)(H,60,66)(H,62,76)(H,63,67)(H,69,70)/t32-,34-,36+,37?,44-,45?,46+,47-,48+,53+,55-/m0/s1. The van der Waals surface area contributed by atoms with Crippen LogP contribution in [0, 0.1) is 18.7 Å². The number of nitrogens with one attached hydrogen (secondary N) is 7. The zero-order valence-electron chi connectivity index (χ0n) is 47.0. The summed E-state index contributed by atoms with van der Waals surface area (Å²) >= 11 is 1.21. The SMILES string of the molecule is CCC(CC)SC(CC(=O)O)C(=O)NCC(=O)NCCC(=O)N[C@H](C(=O)N[C@@H](CO[C@@H]1O[C@H](CO)[C@@H](O)[C@H](O)[C@H]1O)C(=O)NCCC(=O)N[C@H]1CCc2c(C)c(F)cc3c2C1=C1Cn2c(cc4c(c2=O)COC(=O)[C@]4(O)CC)C1N3)C(C)C. The van der Waals surface area contributed by atoms with Crippen LogP contribution in [0.5, 0.6) is 0 Å². The third-order valence-corrected chi connectivity index (χ3v) is 17.6. The first kappa shape index (κ1) is 64.0. The van der Waals surface area contributed by atoms with Gasteiger partial charge in [-0.2, -0.15) is 0 Å². The maximum atomic E-state index is 15.6. The summed E-state index contributed by atoms with van der Waals surface area (Å²) in [7, 11) is 0. The molecule has 0 saturated carbocycles. The third kappa shape index (κ3) is 14.0. The number of hydrogen-bond acceptors (Lipinski definition) is 19. The number of hydrogen-bond donors (Lipinski definition) is 13. The van der Waals surface area contributed by atoms with Crippen molar-refractivity contribution in [1.82, 2.24) is 36.5 Å². The molecule has 1 aromatic carbocycles. The van der Waals surface area contributed by atoms with Crippen LogP contribution in [-0.2, 0) is 77.7 Å². The van der Waals surface area contributed by atoms with Crippen molar-refractivity contribution in [3.05, 3.63) is 67.4 Å². The van der Waals surface area contributed by atoms with E-state index in [9.17, 15) is 73.8 Å². The topological polar surface area (TPSA) is 392 Å². The lowest BCUT2D eigenvalue weighted by Gasteiger charge is -2.40. The van der Waals surface area contributed by atoms with E-state index in [1.807, 2.05) is 13.8 Å². The third-order valence-electron chi connectivity index (χ3n) is 15.8. The maximum Gasteiger partial charge on any atom is 0.343 e. The molecule has 0 radical (unpaired) electrons. The molecule has 1 aromatic heterocycles. The second-order valence-electron chi connectivity index (χ2n) is 21.6. The van der Waals surface area contributed by atoms with Crippen LogP contribution >= 0.6 is 11.8 Å². The summed E-state index contributed by atoms with van der Waals surface area (Å²) in [6.45, 7) is 7.41. The van der Waals surface area contributed by atoms with Crippen LogP contribution in [0.15, 0.2) is 22.5 Å². The van der Waals surface area contributed by atoms with Crippen LogP contribution in [0.3, 0.4) is 0 Å². The average molecular weight is 1190 g/mol. The number of rotatable bonds is 26. The van der Waals surface area contributed by atoms with Crippen molar-refractivity contribution in [2.75, 3.05) is 38.2 Å². The first-order valence-electron chi connectivity index (χ1n) is 27.9. The maximum absolute atomic E-state index is 15.6. The average Bonchev–Trinajstić information content (AvgIpc) is 1.79. The number of carbonyl (C=O) groups excluding carboxylic acids is 7. The molecule has 28 heteroatoms. The van der Waals surface area contributed by atoms with E-state index in [2.05, 4.69) is 37.2 Å². The number of carbonyl (C=O) groups is 8. The number of aromatic nitrogens is 1. The summed E-state index contributed by atoms with van der Waals surface area (Å²) in [5, 5.41) is 80.1. The number of thioether (sulfide) groups is 1. The number of nitrogens with zero attached hydrogens (tertiary/aromatic N) is 1. The van der Waals surface area contributed by atoms with Crippen molar-refractivity contribution in [2.45, 2.75) is 177 Å². The van der Waals surface area contributed by atoms with Crippen LogP contribution in [0.25, 0.3) is 5.57 Å². The molecule has 0 spiro atoms. The number of carboxylic acids is 1. The number of benzene rings is 1. The van der Waals surface area contributed by atoms with Gasteiger partial charge in [-0.05, 0) is 79.4 Å². The van der Waals surface area contributed by atoms with E-state index in [4.69, 9.17) is 14.2 Å². The van der Waals surface area contributed by atoms with Gasteiger partial charge in [-0.1, -0.05) is 34.6 Å². The zero-order valence-corrected chi connectivity index (χ0v) is 47.8. The first-order chi connectivity index (χ1) is 39.4. The Bertz CT molecular complexity index is 2940. The van der Waals surface area contributed by atoms with Gasteiger partial charge in [0.15, 0.2) is 11.9 Å². The van der Waals surface area contributed by atoms with E-state index in [-0.39, 0.29) is 61.9 Å². The summed E-state index contributed by atoms with van der Waals surface area (Å²) < 4.78 is 33.4. The number of aliphatic hydroxyl groups is 5. The lowest BCUT2D eigenvalue weighted by atomic mass is 9.75. The molecule has 456 valence electrons. The van der Waals surface area contributed by atoms with Gasteiger partial charge in [0.05, 0.1) is 55.6 Å². The molecule has 0 bridgehead atoms. The number of fused-ring (bicyclic) bond motifs is 4. The molecule has 83 heavy (non-hydrogen) atoms. The molecule has 1 fully saturated rings. The van der Waals surface area contributed by atoms with E-state index in [1.54, 1.807) is 33.8 Å². The smallest absolute Gasteiger partial charge is 0.343 e. The highest BCUT2D eigenvalue weighted by Gasteiger charge is 2.49. The van der Waals surface area contributed by atoms with Gasteiger partial charge in [-0.15, -0.1) is 11.8 Å². The van der Waals surface area contributed by atoms with Gasteiger partial charge in [-0.3, -0.25) is 38.4 Å². The molecule has 1 saturated heterocycles. The summed E-state index contributed by atoms with van der Waals surface area (Å²) in [6, 6.07) is -1.39. The van der Waals surface area contributed by atoms with Gasteiger partial charge in [-0.25, -0.2) is 9.18 Å². The Morgan fingerprint density at radius 1 is 0.904 bits per heavy atom. The Morgan fingerprint density at radius 2 is 1.60 bits per heavy atom. The highest BCUT2D eigenvalue weighted by Crippen LogP contribution is 2.51. The molecule has 2 unspecified atom stereocenters. The van der Waals surface area contributed by atoms with Crippen molar-refractivity contribution in [1.29, 1.82) is 0 Å². The number of cyclic esters (lactones) is 1. The molecular formula is C55H75FN8O18S. The normalized spacial score (nSPS) is 24.2. The van der Waals surface area contributed by atoms with Gasteiger partial charge >= 0.3 is 11.9 Å². The summed E-state index contributed by atoms with van der Waals surface area (Å²) in [4.78, 5) is 119. The largest absolute Gasteiger partial charge is 0.481 e. The van der Waals surface area contributed by atoms with Crippen LogP contribution in [0.4, 0.5) is 10.1 Å². The number of amides is 6. The second-order valence-corrected chi connectivity index (χ2v) is 23.1. The summed E-state index contributed by atoms with van der Waals surface area (Å²) in [6.07, 6.45) is -7.65. The minimum Gasteiger partial charge on any atom is -0.481 e. The van der Waals surface area contributed by atoms with Crippen LogP contribution in [0.2, 0.25) is 0 Å². The fourth-order valence-electron chi connectivity index (χ4n) is 11.0. The Morgan fingerprint density at radius 3 is 2.27 bits per heavy atom. The van der Waals surface area contributed by atoms with Crippen molar-refractivity contribution < 1.29 is 87.6 Å². The van der Waals surface area contributed by atoms with E-state index < -0.39 is 157 Å². The molecule has 11 atom stereocenters. The zero-order chi connectivity index (χ0) is 60.8. The highest BCUT2D eigenvalue weighted by atomic mass is 32.2. The van der Waals surface area contributed by atoms with Gasteiger partial charge < -0.3 is 86.6 Å². The minimum absolute atomic E-state index is 0.0332. The lowest BCUT2D eigenvalue weighted by Crippen LogP contribution is -2.61. The van der Waals surface area contributed by atoms with Gasteiger partial charge in [0, 0.05) is 53.7 Å². The number of aliphatic hydroxyl groups excluding tert-OH is 4. The second kappa shape index (κ2) is 27.5. The number of esters is 1. The molecule has 5 heterocycles. The Kier molecular flexibility index (Phi) is 21.2. The van der Waals surface area contributed by atoms with Crippen LogP contribution in [-0.4, -0.2) is 175 Å². The van der Waals surface area contributed by atoms with E-state index in [1.165, 1.54) is 22.4 Å². The van der Waals surface area contributed by atoms with Crippen molar-refractivity contribution >= 4 is 70.4 Å². The summed E-state index contributed by atoms with van der Waals surface area (Å²) in [5.74, 6) is -7.47. The Balaban J connectivity index is 1.01. The monoisotopic (exact) mass is 1190 g/mol. The number of aliphatic carboxylic acids is 1. The quantitative estimate of drug-likeness (QED) is 0.0484.